The minimum Gasteiger partial charge on any atom is -0.356 e. The van der Waals surface area contributed by atoms with Crippen molar-refractivity contribution >= 4 is 16.6 Å². The van der Waals surface area contributed by atoms with Crippen LogP contribution in [0.1, 0.15) is 46.8 Å². The minimum absolute atomic E-state index is 0.0606. The summed E-state index contributed by atoms with van der Waals surface area (Å²) >= 11 is 0. The van der Waals surface area contributed by atoms with Crippen LogP contribution in [0.2, 0.25) is 0 Å². The Kier molecular flexibility index (Phi) is 5.10. The fourth-order valence-corrected chi connectivity index (χ4v) is 4.79. The molecule has 0 amide bonds. The van der Waals surface area contributed by atoms with Gasteiger partial charge in [-0.3, -0.25) is 9.20 Å². The highest BCUT2D eigenvalue weighted by Gasteiger charge is 2.25. The third-order valence-electron chi connectivity index (χ3n) is 6.66. The number of benzene rings is 1. The van der Waals surface area contributed by atoms with E-state index >= 15 is 0 Å². The molecule has 0 aliphatic carbocycles. The quantitative estimate of drug-likeness (QED) is 0.499. The van der Waals surface area contributed by atoms with E-state index < -0.39 is 0 Å². The first-order valence-corrected chi connectivity index (χ1v) is 11.1. The maximum atomic E-state index is 13.0. The van der Waals surface area contributed by atoms with Crippen LogP contribution in [-0.4, -0.2) is 39.1 Å². The Hall–Kier alpha value is -2.99. The number of likely N-dealkylation sites (tertiary alicyclic amines) is 1. The van der Waals surface area contributed by atoms with Gasteiger partial charge in [0.2, 0.25) is 0 Å². The fourth-order valence-electron chi connectivity index (χ4n) is 4.79. The summed E-state index contributed by atoms with van der Waals surface area (Å²) in [6.45, 7) is 8.90. The smallest absolute Gasteiger partial charge is 0.261 e. The molecule has 1 saturated heterocycles. The largest absolute Gasteiger partial charge is 0.356 e. The Morgan fingerprint density at radius 1 is 1.13 bits per heavy atom. The number of aromatic nitrogens is 3. The van der Waals surface area contributed by atoms with E-state index in [-0.39, 0.29) is 5.56 Å². The highest BCUT2D eigenvalue weighted by atomic mass is 16.5. The van der Waals surface area contributed by atoms with Crippen molar-refractivity contribution in [3.63, 3.8) is 0 Å². The molecule has 31 heavy (non-hydrogen) atoms. The van der Waals surface area contributed by atoms with Gasteiger partial charge in [0.25, 0.3) is 5.56 Å². The number of rotatable bonds is 4. The standard InChI is InChI=1S/C25H28N4O2/c1-16-6-7-21-22(15-16)31-27-23(21)19-8-12-28(13-9-19)14-10-20-18(3)26-24-17(2)5-4-11-29(24)25(20)30/h4-7,11,15,19H,8-10,12-14H2,1-3H3. The van der Waals surface area contributed by atoms with Crippen molar-refractivity contribution < 1.29 is 4.52 Å². The first-order chi connectivity index (χ1) is 15.0. The monoisotopic (exact) mass is 416 g/mol. The summed E-state index contributed by atoms with van der Waals surface area (Å²) in [6.07, 6.45) is 4.66. The molecule has 0 atom stereocenters. The Labute approximate surface area is 181 Å². The number of piperidine rings is 1. The maximum Gasteiger partial charge on any atom is 0.261 e. The van der Waals surface area contributed by atoms with E-state index in [2.05, 4.69) is 35.2 Å². The van der Waals surface area contributed by atoms with Gasteiger partial charge < -0.3 is 9.42 Å². The zero-order valence-corrected chi connectivity index (χ0v) is 18.4. The maximum absolute atomic E-state index is 13.0. The molecule has 3 aromatic heterocycles. The van der Waals surface area contributed by atoms with Crippen LogP contribution in [0.15, 0.2) is 45.8 Å². The molecule has 160 valence electrons. The van der Waals surface area contributed by atoms with Gasteiger partial charge in [0.1, 0.15) is 5.65 Å². The number of nitrogens with zero attached hydrogens (tertiary/aromatic N) is 4. The van der Waals surface area contributed by atoms with Gasteiger partial charge in [0.15, 0.2) is 5.58 Å². The van der Waals surface area contributed by atoms with Crippen LogP contribution in [0.4, 0.5) is 0 Å². The Balaban J connectivity index is 1.27. The molecule has 6 nitrogen and oxygen atoms in total. The summed E-state index contributed by atoms with van der Waals surface area (Å²) in [5.74, 6) is 0.429. The lowest BCUT2D eigenvalue weighted by molar-refractivity contribution is 0.211. The number of hydrogen-bond donors (Lipinski definition) is 0. The van der Waals surface area contributed by atoms with Crippen LogP contribution in [0.3, 0.4) is 0 Å². The van der Waals surface area contributed by atoms with Gasteiger partial charge in [0, 0.05) is 35.3 Å². The molecule has 1 aliphatic heterocycles. The molecule has 5 rings (SSSR count). The molecular weight excluding hydrogens is 388 g/mol. The summed E-state index contributed by atoms with van der Waals surface area (Å²) < 4.78 is 7.26. The average molecular weight is 417 g/mol. The van der Waals surface area contributed by atoms with Crippen molar-refractivity contribution in [2.24, 2.45) is 0 Å². The molecule has 0 bridgehead atoms. The predicted octanol–water partition coefficient (Wildman–Crippen LogP) is 4.18. The lowest BCUT2D eigenvalue weighted by Gasteiger charge is -2.31. The van der Waals surface area contributed by atoms with E-state index in [0.29, 0.717) is 5.92 Å². The van der Waals surface area contributed by atoms with Crippen molar-refractivity contribution in [3.8, 4) is 0 Å². The summed E-state index contributed by atoms with van der Waals surface area (Å²) in [4.78, 5) is 20.2. The third kappa shape index (κ3) is 3.65. The van der Waals surface area contributed by atoms with Crippen LogP contribution >= 0.6 is 0 Å². The van der Waals surface area contributed by atoms with Crippen LogP contribution < -0.4 is 5.56 Å². The number of fused-ring (bicyclic) bond motifs is 2. The molecule has 0 unspecified atom stereocenters. The van der Waals surface area contributed by atoms with Crippen molar-refractivity contribution in [3.05, 3.63) is 75.0 Å². The van der Waals surface area contributed by atoms with Crippen LogP contribution in [0, 0.1) is 20.8 Å². The molecule has 6 heteroatoms. The van der Waals surface area contributed by atoms with Gasteiger partial charge in [-0.15, -0.1) is 0 Å². The lowest BCUT2D eigenvalue weighted by Crippen LogP contribution is -2.35. The fraction of sp³-hybridized carbons (Fsp3) is 0.400. The van der Waals surface area contributed by atoms with E-state index in [1.54, 1.807) is 4.40 Å². The molecule has 1 fully saturated rings. The first-order valence-electron chi connectivity index (χ1n) is 11.1. The van der Waals surface area contributed by atoms with Crippen LogP contribution in [-0.2, 0) is 6.42 Å². The lowest BCUT2D eigenvalue weighted by atomic mass is 9.91. The summed E-state index contributed by atoms with van der Waals surface area (Å²) in [6, 6.07) is 10.2. The van der Waals surface area contributed by atoms with Gasteiger partial charge in [0.05, 0.1) is 5.69 Å². The molecule has 4 aromatic rings. The van der Waals surface area contributed by atoms with E-state index in [0.717, 1.165) is 78.0 Å². The normalized spacial score (nSPS) is 15.8. The number of aryl methyl sites for hydroxylation is 3. The number of pyridine rings is 1. The zero-order valence-electron chi connectivity index (χ0n) is 18.4. The molecule has 1 aliphatic rings. The molecule has 1 aromatic carbocycles. The molecule has 0 spiro atoms. The summed E-state index contributed by atoms with van der Waals surface area (Å²) in [5, 5.41) is 5.54. The van der Waals surface area contributed by atoms with Gasteiger partial charge in [-0.2, -0.15) is 0 Å². The molecule has 0 radical (unpaired) electrons. The third-order valence-corrected chi connectivity index (χ3v) is 6.66. The summed E-state index contributed by atoms with van der Waals surface area (Å²) in [7, 11) is 0. The van der Waals surface area contributed by atoms with Gasteiger partial charge in [-0.1, -0.05) is 17.3 Å². The second-order valence-electron chi connectivity index (χ2n) is 8.80. The van der Waals surface area contributed by atoms with E-state index in [9.17, 15) is 4.79 Å². The second-order valence-corrected chi connectivity index (χ2v) is 8.80. The minimum atomic E-state index is 0.0606. The van der Waals surface area contributed by atoms with Gasteiger partial charge >= 0.3 is 0 Å². The van der Waals surface area contributed by atoms with E-state index in [1.807, 2.05) is 32.2 Å². The van der Waals surface area contributed by atoms with Crippen molar-refractivity contribution in [1.29, 1.82) is 0 Å². The molecule has 0 N–H and O–H groups in total. The zero-order chi connectivity index (χ0) is 21.5. The van der Waals surface area contributed by atoms with Gasteiger partial charge in [-0.25, -0.2) is 4.98 Å². The highest BCUT2D eigenvalue weighted by Crippen LogP contribution is 2.32. The van der Waals surface area contributed by atoms with E-state index in [4.69, 9.17) is 9.51 Å². The number of hydrogen-bond acceptors (Lipinski definition) is 5. The Bertz CT molecular complexity index is 1310. The van der Waals surface area contributed by atoms with E-state index in [1.165, 1.54) is 5.56 Å². The molecule has 0 saturated carbocycles. The van der Waals surface area contributed by atoms with Crippen molar-refractivity contribution in [2.45, 2.75) is 46.0 Å². The Morgan fingerprint density at radius 2 is 1.94 bits per heavy atom. The SMILES string of the molecule is Cc1ccc2c(C3CCN(CCc4c(C)nc5c(C)cccn5c4=O)CC3)noc2c1. The van der Waals surface area contributed by atoms with Gasteiger partial charge in [-0.05, 0) is 82.4 Å². The van der Waals surface area contributed by atoms with Crippen molar-refractivity contribution in [2.75, 3.05) is 19.6 Å². The predicted molar refractivity (Wildman–Crippen MR) is 122 cm³/mol. The summed E-state index contributed by atoms with van der Waals surface area (Å²) in [5.41, 5.74) is 6.67. The van der Waals surface area contributed by atoms with Crippen LogP contribution in [0.25, 0.3) is 16.6 Å². The highest BCUT2D eigenvalue weighted by molar-refractivity contribution is 5.80. The second kappa shape index (κ2) is 7.93. The molecule has 4 heterocycles. The topological polar surface area (TPSA) is 63.6 Å². The van der Waals surface area contributed by atoms with Crippen molar-refractivity contribution in [1.82, 2.24) is 19.4 Å². The van der Waals surface area contributed by atoms with Crippen LogP contribution in [0.5, 0.6) is 0 Å². The molecular formula is C25H28N4O2. The first kappa shape index (κ1) is 19.9. The average Bonchev–Trinajstić information content (AvgIpc) is 3.18. The Morgan fingerprint density at radius 3 is 2.74 bits per heavy atom.